The average molecular weight is 368 g/mol. The number of hydrogen-bond acceptors (Lipinski definition) is 7. The Bertz CT molecular complexity index is 501. The van der Waals surface area contributed by atoms with Gasteiger partial charge in [-0.25, -0.2) is 0 Å². The molecule has 0 atom stereocenters. The van der Waals surface area contributed by atoms with Gasteiger partial charge in [0.2, 0.25) is 0 Å². The number of aromatic hydroxyl groups is 1. The Hall–Kier alpha value is -2.32. The van der Waals surface area contributed by atoms with E-state index in [1.54, 1.807) is 0 Å². The van der Waals surface area contributed by atoms with E-state index in [2.05, 4.69) is 0 Å². The molecule has 0 spiro atoms. The molecule has 2 N–H and O–H groups in total. The van der Waals surface area contributed by atoms with Gasteiger partial charge in [-0.05, 0) is 6.92 Å². The van der Waals surface area contributed by atoms with E-state index in [1.165, 1.54) is 6.92 Å². The second-order valence-corrected chi connectivity index (χ2v) is 2.88. The van der Waals surface area contributed by atoms with Crippen LogP contribution < -0.4 is 0 Å². The minimum absolute atomic E-state index is 0. The normalized spacial score (nSPS) is 8.47. The summed E-state index contributed by atoms with van der Waals surface area (Å²) in [7, 11) is 0. The predicted molar refractivity (Wildman–Crippen MR) is 54.9 cm³/mol. The van der Waals surface area contributed by atoms with Gasteiger partial charge >= 0.3 is 26.1 Å². The molecule has 1 aromatic rings. The zero-order valence-corrected chi connectivity index (χ0v) is 10.7. The number of aryl methyl sites for hydroxylation is 1. The summed E-state index contributed by atoms with van der Waals surface area (Å²) in [6.45, 7) is 1.36. The van der Waals surface area contributed by atoms with E-state index in [-0.39, 0.29) is 26.0 Å². The van der Waals surface area contributed by atoms with E-state index in [4.69, 9.17) is 15.3 Å². The summed E-state index contributed by atoms with van der Waals surface area (Å²) >= 11 is 0. The largest absolute Gasteiger partial charge is 2.00 e. The second kappa shape index (κ2) is 7.90. The molecular weight excluding hydrogens is 361 g/mol. The van der Waals surface area contributed by atoms with Crippen LogP contribution in [0.2, 0.25) is 0 Å². The molecule has 0 aromatic heterocycles. The van der Waals surface area contributed by atoms with E-state index in [0.717, 1.165) is 12.1 Å². The molecule has 1 aromatic carbocycles. The number of non-ortho nitro benzene ring substituents is 1. The first-order chi connectivity index (χ1) is 8.16. The van der Waals surface area contributed by atoms with Crippen molar-refractivity contribution >= 4 is 11.4 Å². The van der Waals surface area contributed by atoms with Crippen molar-refractivity contribution < 1.29 is 45.7 Å². The Morgan fingerprint density at radius 3 is 1.79 bits per heavy atom. The summed E-state index contributed by atoms with van der Waals surface area (Å²) in [6, 6.07) is 1.80. The quantitative estimate of drug-likeness (QED) is 0.445. The number of phenols is 1. The molecule has 0 amide bonds. The average Bonchev–Trinajstić information content (AvgIpc) is 2.20. The molecule has 0 radical (unpaired) electrons. The van der Waals surface area contributed by atoms with E-state index in [1.807, 2.05) is 0 Å². The predicted octanol–water partition coefficient (Wildman–Crippen LogP) is 1.17. The summed E-state index contributed by atoms with van der Waals surface area (Å²) in [5.41, 5.74) is -0.963. The van der Waals surface area contributed by atoms with Crippen molar-refractivity contribution in [2.24, 2.45) is 0 Å². The van der Waals surface area contributed by atoms with Gasteiger partial charge in [0, 0.05) is 11.6 Å². The van der Waals surface area contributed by atoms with E-state index in [0.29, 0.717) is 0 Å². The van der Waals surface area contributed by atoms with E-state index >= 15 is 0 Å². The zero-order chi connectivity index (χ0) is 14.5. The third kappa shape index (κ3) is 6.24. The molecule has 12 heteroatoms. The van der Waals surface area contributed by atoms with Crippen LogP contribution >= 0.6 is 0 Å². The van der Waals surface area contributed by atoms with Gasteiger partial charge in [-0.2, -0.15) is 0 Å². The van der Waals surface area contributed by atoms with Crippen molar-refractivity contribution in [3.63, 3.8) is 0 Å². The monoisotopic (exact) mass is 367 g/mol. The Morgan fingerprint density at radius 2 is 1.47 bits per heavy atom. The van der Waals surface area contributed by atoms with Crippen molar-refractivity contribution in [3.8, 4) is 5.75 Å². The molecule has 0 heterocycles. The van der Waals surface area contributed by atoms with Crippen LogP contribution in [-0.4, -0.2) is 25.2 Å². The van der Waals surface area contributed by atoms with Gasteiger partial charge in [-0.3, -0.25) is 20.2 Å². The van der Waals surface area contributed by atoms with Crippen LogP contribution in [0.3, 0.4) is 0 Å². The molecular formula is C7H7N3O8Pd+2. The van der Waals surface area contributed by atoms with Gasteiger partial charge < -0.3 is 10.3 Å². The molecule has 0 saturated carbocycles. The Morgan fingerprint density at radius 1 is 1.05 bits per heavy atom. The van der Waals surface area contributed by atoms with Gasteiger partial charge in [0.15, 0.2) is 5.75 Å². The standard InChI is InChI=1S/C7H6N2O5.HNO3.Pd/c1-4-2-5(8(11)12)3-6(7(4)10)9(13)14;2-1(3)4;/h2-3,10H,1H3;(H,2,3,4);/q;;+2. The van der Waals surface area contributed by atoms with Crippen LogP contribution in [0.25, 0.3) is 0 Å². The van der Waals surface area contributed by atoms with Crippen molar-refractivity contribution in [2.45, 2.75) is 6.92 Å². The number of benzene rings is 1. The number of nitro benzene ring substituents is 2. The van der Waals surface area contributed by atoms with Crippen molar-refractivity contribution in [3.05, 3.63) is 48.0 Å². The first kappa shape index (κ1) is 19.0. The van der Waals surface area contributed by atoms with Crippen LogP contribution in [-0.2, 0) is 20.4 Å². The topological polar surface area (TPSA) is 170 Å². The van der Waals surface area contributed by atoms with Gasteiger partial charge in [-0.15, -0.1) is 10.1 Å². The van der Waals surface area contributed by atoms with Crippen LogP contribution in [0.15, 0.2) is 12.1 Å². The summed E-state index contributed by atoms with van der Waals surface area (Å²) in [6.07, 6.45) is 0. The Kier molecular flexibility index (Phi) is 7.92. The summed E-state index contributed by atoms with van der Waals surface area (Å²) in [5, 5.41) is 43.6. The molecule has 0 bridgehead atoms. The molecule has 1 rings (SSSR count). The molecule has 11 nitrogen and oxygen atoms in total. The third-order valence-corrected chi connectivity index (χ3v) is 1.67. The van der Waals surface area contributed by atoms with E-state index < -0.39 is 32.1 Å². The van der Waals surface area contributed by atoms with Gasteiger partial charge in [-0.1, -0.05) is 0 Å². The van der Waals surface area contributed by atoms with Gasteiger partial charge in [0.25, 0.3) is 10.8 Å². The Balaban J connectivity index is 0. The number of hydrogen-bond donors (Lipinski definition) is 2. The van der Waals surface area contributed by atoms with Gasteiger partial charge in [0.1, 0.15) is 0 Å². The number of phenolic OH excluding ortho intramolecular Hbond substituents is 1. The molecule has 0 unspecified atom stereocenters. The molecule has 106 valence electrons. The maximum Gasteiger partial charge on any atom is 2.00 e. The minimum Gasteiger partial charge on any atom is -0.502 e. The maximum absolute atomic E-state index is 10.4. The molecule has 19 heavy (non-hydrogen) atoms. The number of nitro groups is 2. The molecule has 0 aliphatic carbocycles. The van der Waals surface area contributed by atoms with Gasteiger partial charge in [0.05, 0.1) is 15.9 Å². The zero-order valence-electron chi connectivity index (χ0n) is 9.16. The first-order valence-corrected chi connectivity index (χ1v) is 4.12. The van der Waals surface area contributed by atoms with Crippen molar-refractivity contribution in [2.75, 3.05) is 0 Å². The second-order valence-electron chi connectivity index (χ2n) is 2.88. The fourth-order valence-corrected chi connectivity index (χ4v) is 0.987. The molecule has 0 aliphatic rings. The van der Waals surface area contributed by atoms with Crippen LogP contribution in [0.5, 0.6) is 5.75 Å². The maximum atomic E-state index is 10.4. The summed E-state index contributed by atoms with van der Waals surface area (Å²) < 4.78 is 0. The fraction of sp³-hybridized carbons (Fsp3) is 0.143. The Labute approximate surface area is 118 Å². The molecule has 0 aliphatic heterocycles. The third-order valence-electron chi connectivity index (χ3n) is 1.67. The van der Waals surface area contributed by atoms with Crippen molar-refractivity contribution in [1.29, 1.82) is 0 Å². The van der Waals surface area contributed by atoms with Crippen molar-refractivity contribution in [1.82, 2.24) is 0 Å². The van der Waals surface area contributed by atoms with Crippen LogP contribution in [0.1, 0.15) is 5.56 Å². The van der Waals surface area contributed by atoms with Crippen LogP contribution in [0, 0.1) is 37.3 Å². The summed E-state index contributed by atoms with van der Waals surface area (Å²) in [5.74, 6) is -0.541. The smallest absolute Gasteiger partial charge is 0.502 e. The number of nitrogens with zero attached hydrogens (tertiary/aromatic N) is 3. The van der Waals surface area contributed by atoms with E-state index in [9.17, 15) is 25.3 Å². The summed E-state index contributed by atoms with van der Waals surface area (Å²) in [4.78, 5) is 27.5. The van der Waals surface area contributed by atoms with Crippen LogP contribution in [0.4, 0.5) is 11.4 Å². The fourth-order valence-electron chi connectivity index (χ4n) is 0.987. The first-order valence-electron chi connectivity index (χ1n) is 4.12. The SMILES string of the molecule is Cc1cc([N+](=O)[O-])cc([N+](=O)[O-])c1O.O=[N+]([O-])O.[Pd+2]. The minimum atomic E-state index is -1.50. The molecule has 0 fully saturated rings. The number of rotatable bonds is 2. The molecule has 0 saturated heterocycles.